The van der Waals surface area contributed by atoms with E-state index >= 15 is 0 Å². The third-order valence-electron chi connectivity index (χ3n) is 2.02. The molecule has 1 saturated heterocycles. The lowest BCUT2D eigenvalue weighted by atomic mass is 10.1. The third kappa shape index (κ3) is 3.74. The highest BCUT2D eigenvalue weighted by atomic mass is 32.2. The lowest BCUT2D eigenvalue weighted by Gasteiger charge is -2.13. The average molecular weight is 234 g/mol. The molecule has 1 aliphatic rings. The van der Waals surface area contributed by atoms with Gasteiger partial charge in [-0.3, -0.25) is 9.35 Å². The van der Waals surface area contributed by atoms with Crippen molar-refractivity contribution >= 4 is 16.0 Å². The van der Waals surface area contributed by atoms with Crippen LogP contribution in [0.3, 0.4) is 0 Å². The van der Waals surface area contributed by atoms with E-state index in [9.17, 15) is 13.2 Å². The minimum absolute atomic E-state index is 0.147. The Balaban J connectivity index is 2.57. The number of carbonyl (C=O) groups is 1. The molecule has 1 amide bonds. The first-order chi connectivity index (χ1) is 6.92. The summed E-state index contributed by atoms with van der Waals surface area (Å²) >= 11 is 0. The van der Waals surface area contributed by atoms with Crippen LogP contribution in [0.1, 0.15) is 6.42 Å². The molecule has 1 aliphatic heterocycles. The molecular formula is C6H10N4O4S. The molecule has 0 aromatic heterocycles. The quantitative estimate of drug-likeness (QED) is 0.318. The number of amides is 1. The van der Waals surface area contributed by atoms with Crippen LogP contribution in [0.2, 0.25) is 0 Å². The average Bonchev–Trinajstić information content (AvgIpc) is 2.41. The molecule has 9 heteroatoms. The monoisotopic (exact) mass is 234 g/mol. The minimum Gasteiger partial charge on any atom is -0.326 e. The van der Waals surface area contributed by atoms with Gasteiger partial charge in [-0.15, -0.1) is 0 Å². The van der Waals surface area contributed by atoms with Gasteiger partial charge in [-0.05, 0) is 11.4 Å². The SMILES string of the molecule is [N-]=[N+]=NCC1CC(=O)N(CS(=O)(=O)O)C1. The molecule has 0 saturated carbocycles. The van der Waals surface area contributed by atoms with E-state index in [0.717, 1.165) is 4.90 Å². The third-order valence-corrected chi connectivity index (χ3v) is 2.65. The van der Waals surface area contributed by atoms with Crippen molar-refractivity contribution in [3.05, 3.63) is 10.4 Å². The summed E-state index contributed by atoms with van der Waals surface area (Å²) in [5.74, 6) is -1.22. The summed E-state index contributed by atoms with van der Waals surface area (Å²) in [6.07, 6.45) is 0.147. The van der Waals surface area contributed by atoms with Crippen LogP contribution in [0.5, 0.6) is 0 Å². The van der Waals surface area contributed by atoms with Gasteiger partial charge in [0, 0.05) is 24.4 Å². The van der Waals surface area contributed by atoms with Crippen molar-refractivity contribution in [1.82, 2.24) is 4.90 Å². The molecule has 0 bridgehead atoms. The van der Waals surface area contributed by atoms with Gasteiger partial charge in [0.1, 0.15) is 5.88 Å². The predicted octanol–water partition coefficient (Wildman–Crippen LogP) is -0.00950. The fourth-order valence-electron chi connectivity index (χ4n) is 1.45. The summed E-state index contributed by atoms with van der Waals surface area (Å²) in [5.41, 5.74) is 8.07. The number of hydrogen-bond donors (Lipinski definition) is 1. The molecule has 0 aromatic carbocycles. The molecule has 84 valence electrons. The fraction of sp³-hybridized carbons (Fsp3) is 0.833. The van der Waals surface area contributed by atoms with Crippen molar-refractivity contribution in [2.24, 2.45) is 11.0 Å². The Morgan fingerprint density at radius 1 is 1.67 bits per heavy atom. The van der Waals surface area contributed by atoms with E-state index < -0.39 is 16.0 Å². The maximum absolute atomic E-state index is 11.2. The van der Waals surface area contributed by atoms with Gasteiger partial charge in [-0.2, -0.15) is 8.42 Å². The molecule has 0 aromatic rings. The maximum Gasteiger partial charge on any atom is 0.283 e. The zero-order valence-corrected chi connectivity index (χ0v) is 8.59. The van der Waals surface area contributed by atoms with Crippen molar-refractivity contribution in [3.8, 4) is 0 Å². The normalized spacial score (nSPS) is 21.5. The number of rotatable bonds is 4. The first kappa shape index (κ1) is 11.8. The molecule has 1 unspecified atom stereocenters. The van der Waals surface area contributed by atoms with Crippen LogP contribution in [0, 0.1) is 5.92 Å². The summed E-state index contributed by atoms with van der Waals surface area (Å²) in [6.45, 7) is 0.349. The Kier molecular flexibility index (Phi) is 3.51. The first-order valence-corrected chi connectivity index (χ1v) is 5.77. The topological polar surface area (TPSA) is 123 Å². The van der Waals surface area contributed by atoms with Crippen molar-refractivity contribution < 1.29 is 17.8 Å². The maximum atomic E-state index is 11.2. The lowest BCUT2D eigenvalue weighted by molar-refractivity contribution is -0.127. The van der Waals surface area contributed by atoms with Crippen molar-refractivity contribution in [2.75, 3.05) is 19.0 Å². The number of nitrogens with zero attached hydrogens (tertiary/aromatic N) is 4. The highest BCUT2D eigenvalue weighted by Gasteiger charge is 2.31. The highest BCUT2D eigenvalue weighted by Crippen LogP contribution is 2.18. The van der Waals surface area contributed by atoms with Crippen LogP contribution >= 0.6 is 0 Å². The molecular weight excluding hydrogens is 224 g/mol. The Bertz CT molecular complexity index is 399. The number of likely N-dealkylation sites (tertiary alicyclic amines) is 1. The molecule has 1 N–H and O–H groups in total. The molecule has 1 atom stereocenters. The molecule has 1 fully saturated rings. The molecule has 0 spiro atoms. The standard InChI is InChI=1S/C6H10N4O4S/c7-9-8-2-5-1-6(11)10(3-5)4-15(12,13)14/h5H,1-4H2,(H,12,13,14). The molecule has 1 rings (SSSR count). The van der Waals surface area contributed by atoms with E-state index in [1.54, 1.807) is 0 Å². The Morgan fingerprint density at radius 3 is 2.87 bits per heavy atom. The van der Waals surface area contributed by atoms with Gasteiger partial charge in [-0.1, -0.05) is 5.11 Å². The lowest BCUT2D eigenvalue weighted by Crippen LogP contribution is -2.31. The van der Waals surface area contributed by atoms with Gasteiger partial charge in [0.25, 0.3) is 10.1 Å². The second kappa shape index (κ2) is 4.47. The number of hydrogen-bond acceptors (Lipinski definition) is 4. The molecule has 0 radical (unpaired) electrons. The zero-order chi connectivity index (χ0) is 11.5. The largest absolute Gasteiger partial charge is 0.326 e. The van der Waals surface area contributed by atoms with Crippen LogP contribution in [-0.2, 0) is 14.9 Å². The van der Waals surface area contributed by atoms with Gasteiger partial charge < -0.3 is 4.90 Å². The van der Waals surface area contributed by atoms with Gasteiger partial charge in [-0.25, -0.2) is 0 Å². The van der Waals surface area contributed by atoms with Gasteiger partial charge in [0.05, 0.1) is 0 Å². The second-order valence-corrected chi connectivity index (χ2v) is 4.73. The highest BCUT2D eigenvalue weighted by molar-refractivity contribution is 7.85. The minimum atomic E-state index is -4.18. The summed E-state index contributed by atoms with van der Waals surface area (Å²) in [4.78, 5) is 14.8. The van der Waals surface area contributed by atoms with Crippen LogP contribution in [0.25, 0.3) is 10.4 Å². The summed E-state index contributed by atoms with van der Waals surface area (Å²) in [7, 11) is -4.18. The Labute approximate surface area is 86.2 Å². The molecule has 8 nitrogen and oxygen atoms in total. The van der Waals surface area contributed by atoms with Crippen LogP contribution < -0.4 is 0 Å². The summed E-state index contributed by atoms with van der Waals surface area (Å²) < 4.78 is 29.6. The van der Waals surface area contributed by atoms with Gasteiger partial charge in [0.2, 0.25) is 5.91 Å². The Morgan fingerprint density at radius 2 is 2.33 bits per heavy atom. The van der Waals surface area contributed by atoms with Crippen molar-refractivity contribution in [3.63, 3.8) is 0 Å². The first-order valence-electron chi connectivity index (χ1n) is 4.16. The smallest absolute Gasteiger partial charge is 0.283 e. The summed E-state index contributed by atoms with van der Waals surface area (Å²) in [6, 6.07) is 0. The fourth-order valence-corrected chi connectivity index (χ4v) is 2.09. The van der Waals surface area contributed by atoms with E-state index in [4.69, 9.17) is 10.1 Å². The van der Waals surface area contributed by atoms with E-state index in [0.29, 0.717) is 0 Å². The zero-order valence-electron chi connectivity index (χ0n) is 7.77. The molecule has 15 heavy (non-hydrogen) atoms. The predicted molar refractivity (Wildman–Crippen MR) is 50.2 cm³/mol. The van der Waals surface area contributed by atoms with E-state index in [-0.39, 0.29) is 31.3 Å². The van der Waals surface area contributed by atoms with E-state index in [1.165, 1.54) is 0 Å². The van der Waals surface area contributed by atoms with Crippen LogP contribution in [0.4, 0.5) is 0 Å². The Hall–Kier alpha value is -1.31. The van der Waals surface area contributed by atoms with Crippen molar-refractivity contribution in [1.29, 1.82) is 0 Å². The number of carbonyl (C=O) groups excluding carboxylic acids is 1. The van der Waals surface area contributed by atoms with Crippen LogP contribution in [-0.4, -0.2) is 42.7 Å². The summed E-state index contributed by atoms with van der Waals surface area (Å²) in [5, 5.41) is 3.31. The van der Waals surface area contributed by atoms with Crippen LogP contribution in [0.15, 0.2) is 5.11 Å². The molecule has 0 aliphatic carbocycles. The van der Waals surface area contributed by atoms with Gasteiger partial charge in [0.15, 0.2) is 0 Å². The van der Waals surface area contributed by atoms with E-state index in [1.807, 2.05) is 0 Å². The number of azide groups is 1. The second-order valence-electron chi connectivity index (χ2n) is 3.31. The van der Waals surface area contributed by atoms with Crippen molar-refractivity contribution in [2.45, 2.75) is 6.42 Å². The van der Waals surface area contributed by atoms with E-state index in [2.05, 4.69) is 10.0 Å². The molecule has 1 heterocycles. The van der Waals surface area contributed by atoms with Gasteiger partial charge >= 0.3 is 0 Å².